The molecule has 2 aromatic heterocycles. The number of nitrogens with zero attached hydrogens (tertiary/aromatic N) is 4. The highest BCUT2D eigenvalue weighted by molar-refractivity contribution is 5.55. The van der Waals surface area contributed by atoms with Gasteiger partial charge >= 0.3 is 5.69 Å². The molecule has 1 aliphatic rings. The van der Waals surface area contributed by atoms with E-state index in [1.165, 1.54) is 0 Å². The molecule has 0 fully saturated rings. The van der Waals surface area contributed by atoms with Crippen LogP contribution in [0.25, 0.3) is 11.8 Å². The minimum Gasteiger partial charge on any atom is -0.360 e. The van der Waals surface area contributed by atoms with Gasteiger partial charge in [0.05, 0.1) is 23.3 Å². The number of aryl methyl sites for hydroxylation is 1. The Labute approximate surface area is 148 Å². The minimum absolute atomic E-state index is 0.00598. The Morgan fingerprint density at radius 2 is 2.24 bits per heavy atom. The standard InChI is InChI=1S/C20H26N4O/c1-5-6-9-12-22(3)19-13-15(2)18(14-21-19)24-17-11-8-7-10-16(17)23(4)20(24)25/h5,7,10,13-14H,1,6,8-9,11-12H2,2-4H3. The summed E-state index contributed by atoms with van der Waals surface area (Å²) in [5.41, 5.74) is 4.01. The second kappa shape index (κ2) is 7.13. The second-order valence-electron chi connectivity index (χ2n) is 6.63. The molecular formula is C20H26N4O. The Hall–Kier alpha value is -2.56. The molecular weight excluding hydrogens is 312 g/mol. The largest absolute Gasteiger partial charge is 0.360 e. The Bertz CT molecular complexity index is 873. The maximum absolute atomic E-state index is 12.7. The fraction of sp³-hybridized carbons (Fsp3) is 0.400. The fourth-order valence-corrected chi connectivity index (χ4v) is 3.35. The molecule has 0 amide bonds. The van der Waals surface area contributed by atoms with Gasteiger partial charge in [-0.15, -0.1) is 6.58 Å². The van der Waals surface area contributed by atoms with E-state index >= 15 is 0 Å². The monoisotopic (exact) mass is 338 g/mol. The molecule has 0 aromatic carbocycles. The normalized spacial score (nSPS) is 12.9. The van der Waals surface area contributed by atoms with Gasteiger partial charge in [-0.05, 0) is 50.3 Å². The smallest absolute Gasteiger partial charge is 0.333 e. The lowest BCUT2D eigenvalue weighted by Gasteiger charge is -2.19. The molecule has 0 N–H and O–H groups in total. The molecule has 0 unspecified atom stereocenters. The first-order valence-electron chi connectivity index (χ1n) is 8.80. The molecule has 132 valence electrons. The first-order chi connectivity index (χ1) is 12.0. The first kappa shape index (κ1) is 17.3. The number of anilines is 1. The third-order valence-corrected chi connectivity index (χ3v) is 4.83. The number of rotatable bonds is 6. The van der Waals surface area contributed by atoms with E-state index in [1.54, 1.807) is 4.57 Å². The van der Waals surface area contributed by atoms with E-state index in [4.69, 9.17) is 0 Å². The van der Waals surface area contributed by atoms with Crippen LogP contribution in [0.15, 0.2) is 35.8 Å². The summed E-state index contributed by atoms with van der Waals surface area (Å²) in [5, 5.41) is 0. The molecule has 0 spiro atoms. The average Bonchev–Trinajstić information content (AvgIpc) is 2.87. The summed E-state index contributed by atoms with van der Waals surface area (Å²) in [4.78, 5) is 19.5. The highest BCUT2D eigenvalue weighted by atomic mass is 16.1. The van der Waals surface area contributed by atoms with Gasteiger partial charge in [0.1, 0.15) is 5.82 Å². The van der Waals surface area contributed by atoms with Crippen LogP contribution >= 0.6 is 0 Å². The number of imidazole rings is 1. The maximum Gasteiger partial charge on any atom is 0.333 e. The highest BCUT2D eigenvalue weighted by Crippen LogP contribution is 2.24. The topological polar surface area (TPSA) is 43.1 Å². The molecule has 2 aromatic rings. The SMILES string of the molecule is C=CCCCN(C)c1cc(C)c(-n2c3c(n(C)c2=O)C=CCC3)cn1. The Balaban J connectivity index is 1.96. The summed E-state index contributed by atoms with van der Waals surface area (Å²) in [6.45, 7) is 6.74. The number of hydrogen-bond donors (Lipinski definition) is 0. The molecule has 0 atom stereocenters. The van der Waals surface area contributed by atoms with E-state index in [0.29, 0.717) is 0 Å². The summed E-state index contributed by atoms with van der Waals surface area (Å²) in [6.07, 6.45) is 11.8. The highest BCUT2D eigenvalue weighted by Gasteiger charge is 2.20. The van der Waals surface area contributed by atoms with Crippen LogP contribution in [0, 0.1) is 6.92 Å². The molecule has 5 nitrogen and oxygen atoms in total. The molecule has 2 heterocycles. The zero-order chi connectivity index (χ0) is 18.0. The van der Waals surface area contributed by atoms with Crippen molar-refractivity contribution in [3.8, 4) is 5.69 Å². The molecule has 0 radical (unpaired) electrons. The van der Waals surface area contributed by atoms with E-state index in [-0.39, 0.29) is 5.69 Å². The molecule has 0 bridgehead atoms. The van der Waals surface area contributed by atoms with E-state index in [1.807, 2.05) is 43.9 Å². The van der Waals surface area contributed by atoms with Gasteiger partial charge in [-0.2, -0.15) is 0 Å². The van der Waals surface area contributed by atoms with Gasteiger partial charge in [-0.25, -0.2) is 9.78 Å². The van der Waals surface area contributed by atoms with Crippen molar-refractivity contribution >= 4 is 11.9 Å². The summed E-state index contributed by atoms with van der Waals surface area (Å²) >= 11 is 0. The van der Waals surface area contributed by atoms with Crippen LogP contribution in [-0.2, 0) is 13.5 Å². The van der Waals surface area contributed by atoms with Crippen LogP contribution in [-0.4, -0.2) is 27.7 Å². The zero-order valence-electron chi connectivity index (χ0n) is 15.3. The van der Waals surface area contributed by atoms with Crippen molar-refractivity contribution in [2.75, 3.05) is 18.5 Å². The molecule has 0 saturated heterocycles. The van der Waals surface area contributed by atoms with E-state index < -0.39 is 0 Å². The van der Waals surface area contributed by atoms with Crippen LogP contribution in [0.4, 0.5) is 5.82 Å². The minimum atomic E-state index is -0.00598. The first-order valence-corrected chi connectivity index (χ1v) is 8.80. The number of hydrogen-bond acceptors (Lipinski definition) is 3. The van der Waals surface area contributed by atoms with Crippen LogP contribution in [0.2, 0.25) is 0 Å². The fourth-order valence-electron chi connectivity index (χ4n) is 3.35. The Morgan fingerprint density at radius 3 is 2.96 bits per heavy atom. The van der Waals surface area contributed by atoms with Crippen molar-refractivity contribution in [2.24, 2.45) is 7.05 Å². The van der Waals surface area contributed by atoms with Gasteiger partial charge in [0.2, 0.25) is 0 Å². The van der Waals surface area contributed by atoms with E-state index in [9.17, 15) is 4.79 Å². The van der Waals surface area contributed by atoms with Crippen molar-refractivity contribution in [3.05, 3.63) is 58.4 Å². The molecule has 0 saturated carbocycles. The lowest BCUT2D eigenvalue weighted by Crippen LogP contribution is -2.24. The molecule has 0 aliphatic heterocycles. The number of unbranched alkanes of at least 4 members (excludes halogenated alkanes) is 1. The second-order valence-corrected chi connectivity index (χ2v) is 6.63. The van der Waals surface area contributed by atoms with Gasteiger partial charge in [0.25, 0.3) is 0 Å². The quantitative estimate of drug-likeness (QED) is 0.600. The average molecular weight is 338 g/mol. The third kappa shape index (κ3) is 3.18. The molecule has 3 rings (SSSR count). The molecule has 1 aliphatic carbocycles. The molecule has 25 heavy (non-hydrogen) atoms. The summed E-state index contributed by atoms with van der Waals surface area (Å²) in [7, 11) is 3.88. The summed E-state index contributed by atoms with van der Waals surface area (Å²) in [5.74, 6) is 0.933. The number of fused-ring (bicyclic) bond motifs is 1. The van der Waals surface area contributed by atoms with Crippen molar-refractivity contribution in [1.29, 1.82) is 0 Å². The van der Waals surface area contributed by atoms with Crippen LogP contribution < -0.4 is 10.6 Å². The van der Waals surface area contributed by atoms with Gasteiger partial charge < -0.3 is 4.90 Å². The van der Waals surface area contributed by atoms with E-state index in [0.717, 1.165) is 60.7 Å². The Kier molecular flexibility index (Phi) is 4.93. The lowest BCUT2D eigenvalue weighted by molar-refractivity contribution is 0.785. The van der Waals surface area contributed by atoms with Gasteiger partial charge in [-0.1, -0.05) is 12.2 Å². The van der Waals surface area contributed by atoms with Crippen LogP contribution in [0.3, 0.4) is 0 Å². The lowest BCUT2D eigenvalue weighted by atomic mass is 10.1. The van der Waals surface area contributed by atoms with Crippen LogP contribution in [0.5, 0.6) is 0 Å². The van der Waals surface area contributed by atoms with Crippen LogP contribution in [0.1, 0.15) is 36.2 Å². The van der Waals surface area contributed by atoms with E-state index in [2.05, 4.69) is 28.6 Å². The zero-order valence-corrected chi connectivity index (χ0v) is 15.3. The maximum atomic E-state index is 12.7. The van der Waals surface area contributed by atoms with Crippen molar-refractivity contribution < 1.29 is 0 Å². The van der Waals surface area contributed by atoms with Crippen molar-refractivity contribution in [2.45, 2.75) is 32.6 Å². The predicted octanol–water partition coefficient (Wildman–Crippen LogP) is 3.24. The van der Waals surface area contributed by atoms with Gasteiger partial charge in [-0.3, -0.25) is 9.13 Å². The predicted molar refractivity (Wildman–Crippen MR) is 104 cm³/mol. The van der Waals surface area contributed by atoms with Crippen molar-refractivity contribution in [1.82, 2.24) is 14.1 Å². The number of allylic oxidation sites excluding steroid dienone is 2. The van der Waals surface area contributed by atoms with Gasteiger partial charge in [0, 0.05) is 20.6 Å². The van der Waals surface area contributed by atoms with Crippen molar-refractivity contribution in [3.63, 3.8) is 0 Å². The number of pyridine rings is 1. The summed E-state index contributed by atoms with van der Waals surface area (Å²) in [6, 6.07) is 2.06. The Morgan fingerprint density at radius 1 is 1.44 bits per heavy atom. The molecule has 5 heteroatoms. The van der Waals surface area contributed by atoms with Gasteiger partial charge in [0.15, 0.2) is 0 Å². The third-order valence-electron chi connectivity index (χ3n) is 4.83. The number of aromatic nitrogens is 3. The summed E-state index contributed by atoms with van der Waals surface area (Å²) < 4.78 is 3.54.